The van der Waals surface area contributed by atoms with Gasteiger partial charge in [-0.05, 0) is 58.5 Å². The average Bonchev–Trinajstić information content (AvgIpc) is 2.92. The molecule has 0 spiro atoms. The fourth-order valence-corrected chi connectivity index (χ4v) is 2.61. The minimum Gasteiger partial charge on any atom is -0.453 e. The van der Waals surface area contributed by atoms with Gasteiger partial charge in [0, 0.05) is 3.57 Å². The van der Waals surface area contributed by atoms with Crippen molar-refractivity contribution in [2.75, 3.05) is 12.1 Å². The van der Waals surface area contributed by atoms with Gasteiger partial charge >= 0.3 is 0 Å². The number of anilines is 2. The Kier molecular flexibility index (Phi) is 4.09. The molecule has 0 fully saturated rings. The van der Waals surface area contributed by atoms with Crippen molar-refractivity contribution in [3.05, 3.63) is 45.0 Å². The first-order valence-corrected chi connectivity index (χ1v) is 7.47. The molecule has 1 aliphatic heterocycles. The number of carbonyl (C=O) groups excluding carboxylic acids is 1. The third kappa shape index (κ3) is 2.70. The molecule has 0 unspecified atom stereocenters. The number of rotatable bonds is 3. The van der Waals surface area contributed by atoms with Crippen LogP contribution in [0.3, 0.4) is 0 Å². The lowest BCUT2D eigenvalue weighted by Crippen LogP contribution is -2.04. The fraction of sp³-hybridized carbons (Fsp3) is 0.0714. The van der Waals surface area contributed by atoms with Crippen molar-refractivity contribution in [1.82, 2.24) is 0 Å². The van der Waals surface area contributed by atoms with Gasteiger partial charge in [-0.3, -0.25) is 4.79 Å². The van der Waals surface area contributed by atoms with Crippen LogP contribution in [0.25, 0.3) is 0 Å². The van der Waals surface area contributed by atoms with Crippen LogP contribution in [0.1, 0.15) is 10.4 Å². The molecule has 1 N–H and O–H groups in total. The quantitative estimate of drug-likeness (QED) is 0.570. The van der Waals surface area contributed by atoms with E-state index in [9.17, 15) is 13.6 Å². The molecule has 3 rings (SSSR count). The van der Waals surface area contributed by atoms with Crippen LogP contribution in [-0.2, 0) is 0 Å². The highest BCUT2D eigenvalue weighted by atomic mass is 127. The third-order valence-electron chi connectivity index (χ3n) is 3.01. The zero-order valence-corrected chi connectivity index (χ0v) is 13.7. The summed E-state index contributed by atoms with van der Waals surface area (Å²) >= 11 is 7.42. The number of benzene rings is 2. The molecule has 0 amide bonds. The molecule has 2 aromatic carbocycles. The highest BCUT2D eigenvalue weighted by Gasteiger charge is 2.27. The minimum atomic E-state index is -0.898. The van der Waals surface area contributed by atoms with E-state index < -0.39 is 16.9 Å². The van der Waals surface area contributed by atoms with E-state index in [1.165, 1.54) is 18.2 Å². The van der Waals surface area contributed by atoms with Gasteiger partial charge in [-0.2, -0.15) is 0 Å². The van der Waals surface area contributed by atoms with Gasteiger partial charge in [-0.15, -0.1) is 0 Å². The predicted octanol–water partition coefficient (Wildman–Crippen LogP) is 4.42. The van der Waals surface area contributed by atoms with Gasteiger partial charge in [0.25, 0.3) is 5.24 Å². The number of halogens is 4. The fourth-order valence-electron chi connectivity index (χ4n) is 2.01. The van der Waals surface area contributed by atoms with Crippen LogP contribution in [0, 0.1) is 15.2 Å². The maximum Gasteiger partial charge on any atom is 0.254 e. The first kappa shape index (κ1) is 15.3. The van der Waals surface area contributed by atoms with Crippen molar-refractivity contribution >= 4 is 50.8 Å². The molecule has 1 heterocycles. The average molecular weight is 438 g/mol. The smallest absolute Gasteiger partial charge is 0.254 e. The maximum absolute atomic E-state index is 14.5. The number of ether oxygens (including phenoxy) is 2. The Morgan fingerprint density at radius 1 is 1.27 bits per heavy atom. The molecule has 0 bridgehead atoms. The van der Waals surface area contributed by atoms with Crippen LogP contribution >= 0.6 is 34.2 Å². The molecule has 22 heavy (non-hydrogen) atoms. The maximum atomic E-state index is 14.5. The molecule has 0 saturated heterocycles. The first-order chi connectivity index (χ1) is 10.5. The van der Waals surface area contributed by atoms with E-state index >= 15 is 0 Å². The molecular weight excluding hydrogens is 431 g/mol. The van der Waals surface area contributed by atoms with Gasteiger partial charge in [0.05, 0.1) is 16.9 Å². The molecule has 114 valence electrons. The topological polar surface area (TPSA) is 47.6 Å². The van der Waals surface area contributed by atoms with Gasteiger partial charge in [0.2, 0.25) is 12.5 Å². The Morgan fingerprint density at radius 3 is 2.73 bits per heavy atom. The molecule has 2 aromatic rings. The van der Waals surface area contributed by atoms with E-state index in [1.54, 1.807) is 6.07 Å². The van der Waals surface area contributed by atoms with Crippen LogP contribution in [-0.4, -0.2) is 12.0 Å². The molecule has 4 nitrogen and oxygen atoms in total. The SMILES string of the molecule is O=C(Cl)c1cc2c(c(F)c1Nc1ccc(I)cc1F)OCO2. The number of nitrogens with one attached hydrogen (secondary N) is 1. The summed E-state index contributed by atoms with van der Waals surface area (Å²) in [5, 5.41) is 1.66. The molecule has 8 heteroatoms. The Morgan fingerprint density at radius 2 is 2.05 bits per heavy atom. The van der Waals surface area contributed by atoms with Gasteiger partial charge in [-0.1, -0.05) is 0 Å². The van der Waals surface area contributed by atoms with E-state index in [0.717, 1.165) is 0 Å². The summed E-state index contributed by atoms with van der Waals surface area (Å²) in [4.78, 5) is 11.5. The molecular formula is C14H7ClF2INO3. The lowest BCUT2D eigenvalue weighted by molar-refractivity contribution is 0.108. The second-order valence-corrected chi connectivity index (χ2v) is 5.96. The van der Waals surface area contributed by atoms with Gasteiger partial charge in [-0.25, -0.2) is 8.78 Å². The van der Waals surface area contributed by atoms with Crippen LogP contribution in [0.15, 0.2) is 24.3 Å². The van der Waals surface area contributed by atoms with Gasteiger partial charge in [0.1, 0.15) is 5.82 Å². The van der Waals surface area contributed by atoms with E-state index in [0.29, 0.717) is 3.57 Å². The van der Waals surface area contributed by atoms with Crippen molar-refractivity contribution in [3.63, 3.8) is 0 Å². The summed E-state index contributed by atoms with van der Waals surface area (Å²) in [6.45, 7) is -0.163. The predicted molar refractivity (Wildman–Crippen MR) is 85.1 cm³/mol. The summed E-state index contributed by atoms with van der Waals surface area (Å²) < 4.78 is 39.1. The Balaban J connectivity index is 2.11. The summed E-state index contributed by atoms with van der Waals surface area (Å²) in [6, 6.07) is 5.60. The van der Waals surface area contributed by atoms with Gasteiger partial charge < -0.3 is 14.8 Å². The summed E-state index contributed by atoms with van der Waals surface area (Å²) in [5.41, 5.74) is -0.414. The Bertz CT molecular complexity index is 785. The first-order valence-electron chi connectivity index (χ1n) is 6.01. The van der Waals surface area contributed by atoms with Crippen molar-refractivity contribution in [1.29, 1.82) is 0 Å². The zero-order valence-electron chi connectivity index (χ0n) is 10.8. The molecule has 1 aliphatic rings. The number of hydrogen-bond acceptors (Lipinski definition) is 4. The summed E-state index contributed by atoms with van der Waals surface area (Å²) in [6.07, 6.45) is 0. The summed E-state index contributed by atoms with van der Waals surface area (Å²) in [5.74, 6) is -1.51. The highest BCUT2D eigenvalue weighted by molar-refractivity contribution is 14.1. The van der Waals surface area contributed by atoms with E-state index in [4.69, 9.17) is 21.1 Å². The second-order valence-electron chi connectivity index (χ2n) is 4.37. The van der Waals surface area contributed by atoms with Crippen LogP contribution in [0.2, 0.25) is 0 Å². The van der Waals surface area contributed by atoms with E-state index in [-0.39, 0.29) is 35.2 Å². The summed E-state index contributed by atoms with van der Waals surface area (Å²) in [7, 11) is 0. The van der Waals surface area contributed by atoms with Crippen molar-refractivity contribution in [2.24, 2.45) is 0 Å². The molecule has 0 atom stereocenters. The molecule has 0 aliphatic carbocycles. The largest absolute Gasteiger partial charge is 0.453 e. The lowest BCUT2D eigenvalue weighted by atomic mass is 10.1. The van der Waals surface area contributed by atoms with Crippen LogP contribution in [0.5, 0.6) is 11.5 Å². The third-order valence-corrected chi connectivity index (χ3v) is 3.88. The Hall–Kier alpha value is -1.61. The number of carbonyl (C=O) groups is 1. The molecule has 0 aromatic heterocycles. The number of fused-ring (bicyclic) bond motifs is 1. The van der Waals surface area contributed by atoms with Crippen LogP contribution < -0.4 is 14.8 Å². The normalized spacial score (nSPS) is 12.4. The van der Waals surface area contributed by atoms with Crippen molar-refractivity contribution in [2.45, 2.75) is 0 Å². The minimum absolute atomic E-state index is 0.0114. The van der Waals surface area contributed by atoms with Crippen LogP contribution in [0.4, 0.5) is 20.2 Å². The monoisotopic (exact) mass is 437 g/mol. The molecule has 0 radical (unpaired) electrons. The number of hydrogen-bond donors (Lipinski definition) is 1. The zero-order chi connectivity index (χ0) is 15.9. The Labute approximate surface area is 142 Å². The van der Waals surface area contributed by atoms with Crippen molar-refractivity contribution < 1.29 is 23.0 Å². The van der Waals surface area contributed by atoms with Crippen molar-refractivity contribution in [3.8, 4) is 11.5 Å². The molecule has 0 saturated carbocycles. The van der Waals surface area contributed by atoms with E-state index in [1.807, 2.05) is 22.6 Å². The highest BCUT2D eigenvalue weighted by Crippen LogP contribution is 2.42. The van der Waals surface area contributed by atoms with E-state index in [2.05, 4.69) is 5.32 Å². The standard InChI is InChI=1S/C14H7ClF2INO3/c15-14(20)7-4-10-13(22-5-21-10)11(17)12(7)19-9-2-1-6(18)3-8(9)16/h1-4,19H,5H2. The van der Waals surface area contributed by atoms with Gasteiger partial charge in [0.15, 0.2) is 11.6 Å². The lowest BCUT2D eigenvalue weighted by Gasteiger charge is -2.13. The second kappa shape index (κ2) is 5.88.